The second-order valence-corrected chi connectivity index (χ2v) is 4.62. The number of hydrogen-bond acceptors (Lipinski definition) is 2. The molecule has 1 N–H and O–H groups in total. The summed E-state index contributed by atoms with van der Waals surface area (Å²) in [6, 6.07) is 9.00. The third-order valence-corrected chi connectivity index (χ3v) is 2.69. The third-order valence-electron chi connectivity index (χ3n) is 2.69. The number of rotatable bonds is 4. The van der Waals surface area contributed by atoms with Crippen molar-refractivity contribution in [3.05, 3.63) is 54.1 Å². The molecule has 1 aromatic heterocycles. The first-order valence-electron chi connectivity index (χ1n) is 6.08. The zero-order valence-corrected chi connectivity index (χ0v) is 10.7. The lowest BCUT2D eigenvalue weighted by Crippen LogP contribution is -2.21. The summed E-state index contributed by atoms with van der Waals surface area (Å²) in [4.78, 5) is 4.23. The van der Waals surface area contributed by atoms with Crippen LogP contribution in [0.15, 0.2) is 42.7 Å². The maximum absolute atomic E-state index is 12.9. The Hall–Kier alpha value is -1.74. The van der Waals surface area contributed by atoms with E-state index >= 15 is 0 Å². The van der Waals surface area contributed by atoms with Crippen molar-refractivity contribution >= 4 is 0 Å². The van der Waals surface area contributed by atoms with Crippen LogP contribution in [0.5, 0.6) is 0 Å². The molecule has 2 aromatic rings. The van der Waals surface area contributed by atoms with Gasteiger partial charge in [0.25, 0.3) is 0 Å². The van der Waals surface area contributed by atoms with Crippen molar-refractivity contribution in [2.75, 3.05) is 0 Å². The van der Waals surface area contributed by atoms with Gasteiger partial charge in [0.1, 0.15) is 5.82 Å². The molecule has 3 heteroatoms. The van der Waals surface area contributed by atoms with Crippen LogP contribution < -0.4 is 5.32 Å². The molecule has 0 aliphatic carbocycles. The van der Waals surface area contributed by atoms with E-state index in [9.17, 15) is 4.39 Å². The molecule has 0 bridgehead atoms. The molecule has 1 aromatic carbocycles. The second kappa shape index (κ2) is 5.74. The molecule has 0 aliphatic rings. The summed E-state index contributed by atoms with van der Waals surface area (Å²) in [6.07, 6.45) is 3.65. The van der Waals surface area contributed by atoms with E-state index in [0.29, 0.717) is 6.04 Å². The van der Waals surface area contributed by atoms with Gasteiger partial charge in [-0.25, -0.2) is 4.39 Å². The van der Waals surface area contributed by atoms with Crippen molar-refractivity contribution in [1.29, 1.82) is 0 Å². The number of halogens is 1. The number of nitrogens with one attached hydrogen (secondary N) is 1. The number of hydrogen-bond donors (Lipinski definition) is 1. The summed E-state index contributed by atoms with van der Waals surface area (Å²) < 4.78 is 12.9. The SMILES string of the molecule is CC(C)NCc1cncc(-c2ccc(F)cc2)c1. The predicted molar refractivity (Wildman–Crippen MR) is 71.6 cm³/mol. The van der Waals surface area contributed by atoms with Crippen LogP contribution in [0.1, 0.15) is 19.4 Å². The highest BCUT2D eigenvalue weighted by molar-refractivity contribution is 5.62. The molecule has 0 aliphatic heterocycles. The topological polar surface area (TPSA) is 24.9 Å². The molecule has 1 heterocycles. The average Bonchev–Trinajstić information content (AvgIpc) is 2.37. The van der Waals surface area contributed by atoms with Crippen LogP contribution in [0.25, 0.3) is 11.1 Å². The largest absolute Gasteiger partial charge is 0.310 e. The van der Waals surface area contributed by atoms with E-state index in [1.165, 1.54) is 12.1 Å². The molecule has 0 saturated carbocycles. The van der Waals surface area contributed by atoms with Gasteiger partial charge in [0.15, 0.2) is 0 Å². The molecule has 0 amide bonds. The van der Waals surface area contributed by atoms with Crippen LogP contribution in [-0.4, -0.2) is 11.0 Å². The van der Waals surface area contributed by atoms with Gasteiger partial charge in [0, 0.05) is 30.5 Å². The fraction of sp³-hybridized carbons (Fsp3) is 0.267. The molecular weight excluding hydrogens is 227 g/mol. The Labute approximate surface area is 107 Å². The van der Waals surface area contributed by atoms with Gasteiger partial charge in [-0.05, 0) is 29.3 Å². The summed E-state index contributed by atoms with van der Waals surface area (Å²) >= 11 is 0. The molecule has 0 saturated heterocycles. The fourth-order valence-corrected chi connectivity index (χ4v) is 1.71. The van der Waals surface area contributed by atoms with Crippen molar-refractivity contribution < 1.29 is 4.39 Å². The van der Waals surface area contributed by atoms with Gasteiger partial charge in [0.2, 0.25) is 0 Å². The number of benzene rings is 1. The summed E-state index contributed by atoms with van der Waals surface area (Å²) in [7, 11) is 0. The highest BCUT2D eigenvalue weighted by atomic mass is 19.1. The highest BCUT2D eigenvalue weighted by Crippen LogP contribution is 2.19. The highest BCUT2D eigenvalue weighted by Gasteiger charge is 2.01. The van der Waals surface area contributed by atoms with Gasteiger partial charge in [0.05, 0.1) is 0 Å². The normalized spacial score (nSPS) is 10.9. The minimum Gasteiger partial charge on any atom is -0.310 e. The predicted octanol–water partition coefficient (Wildman–Crippen LogP) is 3.39. The molecule has 2 rings (SSSR count). The smallest absolute Gasteiger partial charge is 0.123 e. The first-order valence-corrected chi connectivity index (χ1v) is 6.08. The van der Waals surface area contributed by atoms with Crippen molar-refractivity contribution in [3.63, 3.8) is 0 Å². The average molecular weight is 244 g/mol. The Morgan fingerprint density at radius 2 is 1.83 bits per heavy atom. The monoisotopic (exact) mass is 244 g/mol. The number of nitrogens with zero attached hydrogens (tertiary/aromatic N) is 1. The lowest BCUT2D eigenvalue weighted by Gasteiger charge is -2.09. The van der Waals surface area contributed by atoms with Gasteiger partial charge in [-0.15, -0.1) is 0 Å². The van der Waals surface area contributed by atoms with Gasteiger partial charge < -0.3 is 5.32 Å². The molecule has 2 nitrogen and oxygen atoms in total. The van der Waals surface area contributed by atoms with E-state index in [-0.39, 0.29) is 5.82 Å². The minimum atomic E-state index is -0.218. The van der Waals surface area contributed by atoms with E-state index in [4.69, 9.17) is 0 Å². The van der Waals surface area contributed by atoms with Gasteiger partial charge >= 0.3 is 0 Å². The Morgan fingerprint density at radius 1 is 1.11 bits per heavy atom. The molecule has 0 unspecified atom stereocenters. The molecule has 18 heavy (non-hydrogen) atoms. The molecule has 0 radical (unpaired) electrons. The van der Waals surface area contributed by atoms with Crippen LogP contribution in [0.3, 0.4) is 0 Å². The van der Waals surface area contributed by atoms with Crippen LogP contribution in [0.2, 0.25) is 0 Å². The first kappa shape index (κ1) is 12.7. The summed E-state index contributed by atoms with van der Waals surface area (Å²) in [5.41, 5.74) is 3.12. The zero-order chi connectivity index (χ0) is 13.0. The Kier molecular flexibility index (Phi) is 4.05. The maximum atomic E-state index is 12.9. The standard InChI is InChI=1S/C15H17FN2/c1-11(2)18-9-12-7-14(10-17-8-12)13-3-5-15(16)6-4-13/h3-8,10-11,18H,9H2,1-2H3. The summed E-state index contributed by atoms with van der Waals surface area (Å²) in [5, 5.41) is 3.35. The Balaban J connectivity index is 2.18. The van der Waals surface area contributed by atoms with E-state index in [1.807, 2.05) is 6.20 Å². The zero-order valence-electron chi connectivity index (χ0n) is 10.7. The van der Waals surface area contributed by atoms with Gasteiger partial charge in [-0.3, -0.25) is 4.98 Å². The summed E-state index contributed by atoms with van der Waals surface area (Å²) in [5.74, 6) is -0.218. The van der Waals surface area contributed by atoms with Crippen molar-refractivity contribution in [2.45, 2.75) is 26.4 Å². The van der Waals surface area contributed by atoms with E-state index in [0.717, 1.165) is 23.2 Å². The van der Waals surface area contributed by atoms with Gasteiger partial charge in [-0.2, -0.15) is 0 Å². The van der Waals surface area contributed by atoms with E-state index in [1.54, 1.807) is 18.3 Å². The molecule has 0 atom stereocenters. The molecule has 0 spiro atoms. The van der Waals surface area contributed by atoms with E-state index in [2.05, 4.69) is 30.2 Å². The van der Waals surface area contributed by atoms with Crippen LogP contribution in [-0.2, 0) is 6.54 Å². The van der Waals surface area contributed by atoms with Crippen molar-refractivity contribution in [1.82, 2.24) is 10.3 Å². The molecule has 94 valence electrons. The summed E-state index contributed by atoms with van der Waals surface area (Å²) in [6.45, 7) is 5.01. The Bertz CT molecular complexity index is 506. The lowest BCUT2D eigenvalue weighted by molar-refractivity contribution is 0.588. The van der Waals surface area contributed by atoms with Crippen molar-refractivity contribution in [3.8, 4) is 11.1 Å². The van der Waals surface area contributed by atoms with Crippen LogP contribution >= 0.6 is 0 Å². The third kappa shape index (κ3) is 3.37. The van der Waals surface area contributed by atoms with Crippen molar-refractivity contribution in [2.24, 2.45) is 0 Å². The first-order chi connectivity index (χ1) is 8.65. The number of pyridine rings is 1. The second-order valence-electron chi connectivity index (χ2n) is 4.62. The quantitative estimate of drug-likeness (QED) is 0.891. The minimum absolute atomic E-state index is 0.218. The lowest BCUT2D eigenvalue weighted by atomic mass is 10.1. The van der Waals surface area contributed by atoms with Crippen LogP contribution in [0, 0.1) is 5.82 Å². The fourth-order valence-electron chi connectivity index (χ4n) is 1.71. The van der Waals surface area contributed by atoms with E-state index < -0.39 is 0 Å². The van der Waals surface area contributed by atoms with Gasteiger partial charge in [-0.1, -0.05) is 26.0 Å². The Morgan fingerprint density at radius 3 is 2.50 bits per heavy atom. The molecule has 0 fully saturated rings. The molecular formula is C15H17FN2. The number of aromatic nitrogens is 1. The van der Waals surface area contributed by atoms with Crippen LogP contribution in [0.4, 0.5) is 4.39 Å². The maximum Gasteiger partial charge on any atom is 0.123 e.